The molecule has 0 saturated carbocycles. The van der Waals surface area contributed by atoms with Crippen LogP contribution >= 0.6 is 0 Å². The van der Waals surface area contributed by atoms with Crippen LogP contribution in [-0.2, 0) is 6.61 Å². The van der Waals surface area contributed by atoms with E-state index in [0.717, 1.165) is 22.6 Å². The van der Waals surface area contributed by atoms with E-state index >= 15 is 0 Å². The summed E-state index contributed by atoms with van der Waals surface area (Å²) in [6.07, 6.45) is 3.55. The van der Waals surface area contributed by atoms with Crippen molar-refractivity contribution in [1.82, 2.24) is 9.66 Å². The molecule has 0 unspecified atom stereocenters. The van der Waals surface area contributed by atoms with E-state index in [1.54, 1.807) is 17.1 Å². The Kier molecular flexibility index (Phi) is 4.38. The van der Waals surface area contributed by atoms with Crippen LogP contribution in [-0.4, -0.2) is 15.9 Å². The van der Waals surface area contributed by atoms with Crippen LogP contribution in [0, 0.1) is 6.92 Å². The van der Waals surface area contributed by atoms with E-state index in [0.29, 0.717) is 12.6 Å². The molecule has 0 radical (unpaired) electrons. The maximum Gasteiger partial charge on any atom is 0.221 e. The number of rotatable bonds is 5. The highest BCUT2D eigenvalue weighted by Crippen LogP contribution is 2.14. The molecule has 2 N–H and O–H groups in total. The summed E-state index contributed by atoms with van der Waals surface area (Å²) >= 11 is 0. The first kappa shape index (κ1) is 14.8. The fourth-order valence-electron chi connectivity index (χ4n) is 2.19. The van der Waals surface area contributed by atoms with Crippen LogP contribution in [0.1, 0.15) is 16.8 Å². The molecule has 3 rings (SSSR count). The van der Waals surface area contributed by atoms with Gasteiger partial charge in [-0.1, -0.05) is 42.5 Å². The van der Waals surface area contributed by atoms with E-state index in [1.807, 2.05) is 61.5 Å². The number of benzene rings is 2. The quantitative estimate of drug-likeness (QED) is 0.736. The SMILES string of the molecule is Cc1cn(N=Cc2ccccc2COc2ccccc2)c(N)n1. The predicted octanol–water partition coefficient (Wildman–Crippen LogP) is 3.23. The first-order valence-electron chi connectivity index (χ1n) is 7.34. The van der Waals surface area contributed by atoms with Crippen molar-refractivity contribution >= 4 is 12.2 Å². The zero-order chi connectivity index (χ0) is 16.1. The number of nitrogens with zero attached hydrogens (tertiary/aromatic N) is 3. The lowest BCUT2D eigenvalue weighted by Gasteiger charge is -2.08. The highest BCUT2D eigenvalue weighted by atomic mass is 16.5. The van der Waals surface area contributed by atoms with Crippen LogP contribution in [0.4, 0.5) is 5.95 Å². The molecule has 1 aromatic heterocycles. The number of hydrogen-bond donors (Lipinski definition) is 1. The molecule has 0 aliphatic heterocycles. The van der Waals surface area contributed by atoms with Gasteiger partial charge in [0.25, 0.3) is 0 Å². The van der Waals surface area contributed by atoms with Crippen molar-refractivity contribution < 1.29 is 4.74 Å². The second-order valence-electron chi connectivity index (χ2n) is 5.13. The van der Waals surface area contributed by atoms with Gasteiger partial charge in [0.1, 0.15) is 12.4 Å². The summed E-state index contributed by atoms with van der Waals surface area (Å²) < 4.78 is 7.37. The summed E-state index contributed by atoms with van der Waals surface area (Å²) in [6.45, 7) is 2.36. The Morgan fingerprint density at radius 1 is 1.13 bits per heavy atom. The van der Waals surface area contributed by atoms with Gasteiger partial charge in [-0.2, -0.15) is 5.10 Å². The minimum atomic E-state index is 0.372. The van der Waals surface area contributed by atoms with E-state index in [2.05, 4.69) is 10.1 Å². The first-order chi connectivity index (χ1) is 11.2. The number of aromatic nitrogens is 2. The highest BCUT2D eigenvalue weighted by Gasteiger charge is 2.02. The first-order valence-corrected chi connectivity index (χ1v) is 7.34. The normalized spacial score (nSPS) is 11.0. The molecular weight excluding hydrogens is 288 g/mol. The molecule has 23 heavy (non-hydrogen) atoms. The Morgan fingerprint density at radius 3 is 2.61 bits per heavy atom. The number of hydrogen-bond acceptors (Lipinski definition) is 4. The molecule has 116 valence electrons. The van der Waals surface area contributed by atoms with E-state index < -0.39 is 0 Å². The number of para-hydroxylation sites is 1. The summed E-state index contributed by atoms with van der Waals surface area (Å²) in [5.74, 6) is 1.21. The Balaban J connectivity index is 1.76. The molecular formula is C18H18N4O. The van der Waals surface area contributed by atoms with Gasteiger partial charge in [0.15, 0.2) is 0 Å². The van der Waals surface area contributed by atoms with Gasteiger partial charge >= 0.3 is 0 Å². The predicted molar refractivity (Wildman–Crippen MR) is 91.6 cm³/mol. The van der Waals surface area contributed by atoms with Crippen LogP contribution in [0.5, 0.6) is 5.75 Å². The number of anilines is 1. The molecule has 0 aliphatic rings. The molecule has 2 aromatic carbocycles. The van der Waals surface area contributed by atoms with E-state index in [-0.39, 0.29) is 0 Å². The van der Waals surface area contributed by atoms with Gasteiger partial charge in [-0.3, -0.25) is 0 Å². The van der Waals surface area contributed by atoms with Gasteiger partial charge in [-0.05, 0) is 24.6 Å². The van der Waals surface area contributed by atoms with Crippen LogP contribution < -0.4 is 10.5 Å². The molecule has 0 amide bonds. The average molecular weight is 306 g/mol. The molecule has 5 heteroatoms. The molecule has 0 bridgehead atoms. The van der Waals surface area contributed by atoms with E-state index in [4.69, 9.17) is 10.5 Å². The van der Waals surface area contributed by atoms with Gasteiger partial charge in [0.05, 0.1) is 18.1 Å². The van der Waals surface area contributed by atoms with Crippen molar-refractivity contribution in [3.05, 3.63) is 77.6 Å². The van der Waals surface area contributed by atoms with Gasteiger partial charge in [0.2, 0.25) is 5.95 Å². The standard InChI is InChI=1S/C18H18N4O/c1-14-12-22(18(19)21-14)20-11-15-7-5-6-8-16(15)13-23-17-9-3-2-4-10-17/h2-12H,13H2,1H3,(H2,19,21). The van der Waals surface area contributed by atoms with Crippen molar-refractivity contribution in [2.75, 3.05) is 5.73 Å². The highest BCUT2D eigenvalue weighted by molar-refractivity contribution is 5.81. The minimum absolute atomic E-state index is 0.372. The zero-order valence-corrected chi connectivity index (χ0v) is 12.9. The van der Waals surface area contributed by atoms with Crippen molar-refractivity contribution in [1.29, 1.82) is 0 Å². The van der Waals surface area contributed by atoms with Gasteiger partial charge < -0.3 is 10.5 Å². The molecule has 0 aliphatic carbocycles. The fourth-order valence-corrected chi connectivity index (χ4v) is 2.19. The molecule has 0 fully saturated rings. The largest absolute Gasteiger partial charge is 0.489 e. The van der Waals surface area contributed by atoms with Crippen molar-refractivity contribution in [3.8, 4) is 5.75 Å². The number of imidazole rings is 1. The second-order valence-corrected chi connectivity index (χ2v) is 5.13. The summed E-state index contributed by atoms with van der Waals surface area (Å²) in [6, 6.07) is 17.7. The Morgan fingerprint density at radius 2 is 1.87 bits per heavy atom. The van der Waals surface area contributed by atoms with Crippen molar-refractivity contribution in [2.45, 2.75) is 13.5 Å². The van der Waals surface area contributed by atoms with Gasteiger partial charge in [0, 0.05) is 5.56 Å². The average Bonchev–Trinajstić information content (AvgIpc) is 2.90. The number of ether oxygens (including phenoxy) is 1. The third-order valence-electron chi connectivity index (χ3n) is 3.35. The minimum Gasteiger partial charge on any atom is -0.489 e. The summed E-state index contributed by atoms with van der Waals surface area (Å²) in [4.78, 5) is 4.12. The third kappa shape index (κ3) is 3.77. The molecule has 0 saturated heterocycles. The smallest absolute Gasteiger partial charge is 0.221 e. The Bertz CT molecular complexity index is 809. The summed E-state index contributed by atoms with van der Waals surface area (Å²) in [7, 11) is 0. The number of nitrogens with two attached hydrogens (primary N) is 1. The molecule has 3 aromatic rings. The number of nitrogen functional groups attached to an aromatic ring is 1. The topological polar surface area (TPSA) is 65.4 Å². The monoisotopic (exact) mass is 306 g/mol. The summed E-state index contributed by atoms with van der Waals surface area (Å²) in [5, 5.41) is 4.36. The Hall–Kier alpha value is -3.08. The molecule has 1 heterocycles. The van der Waals surface area contributed by atoms with Crippen molar-refractivity contribution in [3.63, 3.8) is 0 Å². The van der Waals surface area contributed by atoms with E-state index in [1.165, 1.54) is 0 Å². The molecule has 5 nitrogen and oxygen atoms in total. The van der Waals surface area contributed by atoms with Crippen LogP contribution in [0.2, 0.25) is 0 Å². The van der Waals surface area contributed by atoms with Crippen LogP contribution in [0.15, 0.2) is 65.9 Å². The lowest BCUT2D eigenvalue weighted by atomic mass is 10.1. The summed E-state index contributed by atoms with van der Waals surface area (Å²) in [5.41, 5.74) is 8.66. The Labute approximate surface area is 135 Å². The molecule has 0 spiro atoms. The maximum atomic E-state index is 5.81. The van der Waals surface area contributed by atoms with Crippen molar-refractivity contribution in [2.24, 2.45) is 5.10 Å². The molecule has 0 atom stereocenters. The van der Waals surface area contributed by atoms with Gasteiger partial charge in [-0.15, -0.1) is 0 Å². The van der Waals surface area contributed by atoms with Gasteiger partial charge in [-0.25, -0.2) is 9.66 Å². The van der Waals surface area contributed by atoms with Crippen LogP contribution in [0.25, 0.3) is 0 Å². The fraction of sp³-hybridized carbons (Fsp3) is 0.111. The zero-order valence-electron chi connectivity index (χ0n) is 12.9. The number of aryl methyl sites for hydroxylation is 1. The second kappa shape index (κ2) is 6.79. The lowest BCUT2D eigenvalue weighted by Crippen LogP contribution is -2.01. The van der Waals surface area contributed by atoms with Crippen LogP contribution in [0.3, 0.4) is 0 Å². The van der Waals surface area contributed by atoms with E-state index in [9.17, 15) is 0 Å². The third-order valence-corrected chi connectivity index (χ3v) is 3.35. The maximum absolute atomic E-state index is 5.81. The lowest BCUT2D eigenvalue weighted by molar-refractivity contribution is 0.306.